The number of imide groups is 1. The van der Waals surface area contributed by atoms with Crippen molar-refractivity contribution in [2.24, 2.45) is 0 Å². The lowest BCUT2D eigenvalue weighted by molar-refractivity contribution is -0.120. The monoisotopic (exact) mass is 533 g/mol. The van der Waals surface area contributed by atoms with Crippen LogP contribution in [0.4, 0.5) is 17.1 Å². The molecule has 0 aromatic heterocycles. The van der Waals surface area contributed by atoms with Crippen molar-refractivity contribution in [2.75, 3.05) is 15.5 Å². The molecule has 6 nitrogen and oxygen atoms in total. The summed E-state index contributed by atoms with van der Waals surface area (Å²) in [6.45, 7) is 1.86. The zero-order valence-electron chi connectivity index (χ0n) is 17.5. The van der Waals surface area contributed by atoms with Gasteiger partial charge >= 0.3 is 0 Å². The predicted octanol–water partition coefficient (Wildman–Crippen LogP) is 6.64. The third kappa shape index (κ3) is 4.76. The van der Waals surface area contributed by atoms with Gasteiger partial charge in [0.15, 0.2) is 0 Å². The first-order valence-electron chi connectivity index (χ1n) is 9.84. The second-order valence-electron chi connectivity index (χ2n) is 7.35. The zero-order valence-corrected chi connectivity index (χ0v) is 20.5. The van der Waals surface area contributed by atoms with Gasteiger partial charge < -0.3 is 10.6 Å². The molecule has 0 atom stereocenters. The first-order chi connectivity index (χ1) is 16.2. The van der Waals surface area contributed by atoms with Crippen LogP contribution in [0.5, 0.6) is 0 Å². The van der Waals surface area contributed by atoms with Gasteiger partial charge in [0.1, 0.15) is 10.7 Å². The molecule has 3 aromatic rings. The molecule has 0 saturated heterocycles. The first-order valence-corrected chi connectivity index (χ1v) is 11.3. The van der Waals surface area contributed by atoms with Crippen molar-refractivity contribution in [3.63, 3.8) is 0 Å². The van der Waals surface area contributed by atoms with Crippen LogP contribution < -0.4 is 15.5 Å². The van der Waals surface area contributed by atoms with Gasteiger partial charge in [-0.25, -0.2) is 4.90 Å². The van der Waals surface area contributed by atoms with Crippen LogP contribution >= 0.6 is 46.4 Å². The van der Waals surface area contributed by atoms with Crippen LogP contribution in [0.2, 0.25) is 15.1 Å². The van der Waals surface area contributed by atoms with E-state index in [9.17, 15) is 14.4 Å². The number of rotatable bonds is 5. The quantitative estimate of drug-likeness (QED) is 0.359. The Kier molecular flexibility index (Phi) is 6.86. The zero-order chi connectivity index (χ0) is 24.6. The Bertz CT molecular complexity index is 1370. The molecule has 0 saturated carbocycles. The van der Waals surface area contributed by atoms with E-state index in [1.165, 1.54) is 18.2 Å². The maximum Gasteiger partial charge on any atom is 0.283 e. The molecule has 10 heteroatoms. The van der Waals surface area contributed by atoms with Gasteiger partial charge in [-0.1, -0.05) is 52.5 Å². The number of hydrogen-bond acceptors (Lipinski definition) is 4. The summed E-state index contributed by atoms with van der Waals surface area (Å²) in [6, 6.07) is 15.9. The highest BCUT2D eigenvalue weighted by Crippen LogP contribution is 2.35. The van der Waals surface area contributed by atoms with Crippen LogP contribution in [0, 0.1) is 6.92 Å². The summed E-state index contributed by atoms with van der Waals surface area (Å²) in [5.41, 5.74) is 2.37. The van der Waals surface area contributed by atoms with Crippen molar-refractivity contribution in [1.29, 1.82) is 0 Å². The molecule has 4 rings (SSSR count). The predicted molar refractivity (Wildman–Crippen MR) is 136 cm³/mol. The Labute approximate surface area is 215 Å². The molecule has 0 spiro atoms. The molecule has 0 fully saturated rings. The number of carbonyl (C=O) groups is 3. The standard InChI is InChI=1S/C24H15Cl4N3O3/c1-12-2-5-15(26)11-18(12)30-22(32)13-3-7-16(8-4-13)29-21-20(28)23(33)31(24(21)34)19-9-6-14(25)10-17(19)27/h2-11,29H,1H3,(H,30,32). The fourth-order valence-corrected chi connectivity index (χ4v) is 4.14. The summed E-state index contributed by atoms with van der Waals surface area (Å²) < 4.78 is 0. The van der Waals surface area contributed by atoms with Crippen LogP contribution in [0.3, 0.4) is 0 Å². The molecule has 0 unspecified atom stereocenters. The number of nitrogens with zero attached hydrogens (tertiary/aromatic N) is 1. The summed E-state index contributed by atoms with van der Waals surface area (Å²) in [7, 11) is 0. The highest BCUT2D eigenvalue weighted by Gasteiger charge is 2.39. The fraction of sp³-hybridized carbons (Fsp3) is 0.0417. The highest BCUT2D eigenvalue weighted by molar-refractivity contribution is 6.54. The van der Waals surface area contributed by atoms with Crippen molar-refractivity contribution in [3.8, 4) is 0 Å². The summed E-state index contributed by atoms with van der Waals surface area (Å²) in [5.74, 6) is -1.71. The molecule has 34 heavy (non-hydrogen) atoms. The molecule has 0 aliphatic carbocycles. The van der Waals surface area contributed by atoms with E-state index in [1.54, 1.807) is 36.4 Å². The van der Waals surface area contributed by atoms with Crippen molar-refractivity contribution in [1.82, 2.24) is 0 Å². The van der Waals surface area contributed by atoms with Crippen molar-refractivity contribution >= 4 is 81.2 Å². The number of halogens is 4. The van der Waals surface area contributed by atoms with E-state index in [1.807, 2.05) is 13.0 Å². The van der Waals surface area contributed by atoms with Crippen molar-refractivity contribution in [3.05, 3.63) is 97.6 Å². The van der Waals surface area contributed by atoms with Gasteiger partial charge in [0.25, 0.3) is 17.7 Å². The minimum atomic E-state index is -0.716. The van der Waals surface area contributed by atoms with Crippen LogP contribution in [0.25, 0.3) is 0 Å². The van der Waals surface area contributed by atoms with Crippen molar-refractivity contribution < 1.29 is 14.4 Å². The van der Waals surface area contributed by atoms with Gasteiger partial charge in [0.05, 0.1) is 10.7 Å². The number of hydrogen-bond donors (Lipinski definition) is 2. The minimum Gasteiger partial charge on any atom is -0.350 e. The number of amides is 3. The third-order valence-electron chi connectivity index (χ3n) is 5.04. The summed E-state index contributed by atoms with van der Waals surface area (Å²) in [4.78, 5) is 39.1. The number of benzene rings is 3. The minimum absolute atomic E-state index is 0.107. The Morgan fingerprint density at radius 2 is 1.47 bits per heavy atom. The van der Waals surface area contributed by atoms with Crippen LogP contribution in [0.1, 0.15) is 15.9 Å². The number of anilines is 3. The topological polar surface area (TPSA) is 78.5 Å². The van der Waals surface area contributed by atoms with E-state index < -0.39 is 11.8 Å². The van der Waals surface area contributed by atoms with Gasteiger partial charge in [-0.15, -0.1) is 0 Å². The van der Waals surface area contributed by atoms with Gasteiger partial charge in [0.2, 0.25) is 0 Å². The Balaban J connectivity index is 1.50. The average molecular weight is 535 g/mol. The van der Waals surface area contributed by atoms with Crippen LogP contribution in [-0.4, -0.2) is 17.7 Å². The van der Waals surface area contributed by atoms with E-state index in [0.29, 0.717) is 27.0 Å². The molecule has 1 aliphatic rings. The Morgan fingerprint density at radius 3 is 2.15 bits per heavy atom. The van der Waals surface area contributed by atoms with Gasteiger partial charge in [-0.3, -0.25) is 14.4 Å². The van der Waals surface area contributed by atoms with Crippen molar-refractivity contribution in [2.45, 2.75) is 6.92 Å². The van der Waals surface area contributed by atoms with Crippen LogP contribution in [0.15, 0.2) is 71.4 Å². The summed E-state index contributed by atoms with van der Waals surface area (Å²) in [6.07, 6.45) is 0. The normalized spacial score (nSPS) is 13.5. The molecular weight excluding hydrogens is 520 g/mol. The Morgan fingerprint density at radius 1 is 0.824 bits per heavy atom. The fourth-order valence-electron chi connectivity index (χ4n) is 3.27. The second-order valence-corrected chi connectivity index (χ2v) is 9.00. The molecule has 172 valence electrons. The van der Waals surface area contributed by atoms with E-state index in [2.05, 4.69) is 10.6 Å². The van der Waals surface area contributed by atoms with Gasteiger partial charge in [-0.05, 0) is 67.1 Å². The lowest BCUT2D eigenvalue weighted by atomic mass is 10.1. The molecule has 0 radical (unpaired) electrons. The molecule has 2 N–H and O–H groups in total. The lowest BCUT2D eigenvalue weighted by Gasteiger charge is -2.16. The number of carbonyl (C=O) groups excluding carboxylic acids is 3. The third-order valence-corrected chi connectivity index (χ3v) is 6.17. The van der Waals surface area contributed by atoms with Crippen LogP contribution in [-0.2, 0) is 9.59 Å². The maximum absolute atomic E-state index is 12.9. The molecule has 3 aromatic carbocycles. The molecular formula is C24H15Cl4N3O3. The summed E-state index contributed by atoms with van der Waals surface area (Å²) in [5, 5.41) is 6.38. The first kappa shape index (κ1) is 24.1. The molecule has 3 amide bonds. The second kappa shape index (κ2) is 9.68. The molecule has 1 aliphatic heterocycles. The summed E-state index contributed by atoms with van der Waals surface area (Å²) >= 11 is 24.2. The van der Waals surface area contributed by atoms with E-state index >= 15 is 0 Å². The van der Waals surface area contributed by atoms with E-state index in [0.717, 1.165) is 10.5 Å². The van der Waals surface area contributed by atoms with E-state index in [4.69, 9.17) is 46.4 Å². The van der Waals surface area contributed by atoms with E-state index in [-0.39, 0.29) is 27.3 Å². The average Bonchev–Trinajstić information content (AvgIpc) is 3.00. The lowest BCUT2D eigenvalue weighted by Crippen LogP contribution is -2.32. The number of aryl methyl sites for hydroxylation is 1. The largest absolute Gasteiger partial charge is 0.350 e. The molecule has 0 bridgehead atoms. The smallest absolute Gasteiger partial charge is 0.283 e. The molecule has 1 heterocycles. The Hall–Kier alpha value is -3.03. The number of nitrogens with one attached hydrogen (secondary N) is 2. The maximum atomic E-state index is 12.9. The van der Waals surface area contributed by atoms with Gasteiger partial charge in [-0.2, -0.15) is 0 Å². The SMILES string of the molecule is Cc1ccc(Cl)cc1NC(=O)c1ccc(NC2=C(Cl)C(=O)N(c3ccc(Cl)cc3Cl)C2=O)cc1. The van der Waals surface area contributed by atoms with Gasteiger partial charge in [0, 0.05) is 27.0 Å². The highest BCUT2D eigenvalue weighted by atomic mass is 35.5.